The summed E-state index contributed by atoms with van der Waals surface area (Å²) >= 11 is 0. The third kappa shape index (κ3) is 7.98. The Morgan fingerprint density at radius 3 is 2.25 bits per heavy atom. The van der Waals surface area contributed by atoms with Gasteiger partial charge in [0, 0.05) is 0 Å². The average Bonchev–Trinajstić information content (AvgIpc) is 2.03. The van der Waals surface area contributed by atoms with E-state index in [2.05, 4.69) is 5.32 Å². The summed E-state index contributed by atoms with van der Waals surface area (Å²) in [6.07, 6.45) is 1.99. The molecule has 0 aromatic rings. The second kappa shape index (κ2) is 7.53. The largest absolute Gasteiger partial charge is 0.393 e. The van der Waals surface area contributed by atoms with Gasteiger partial charge in [-0.25, -0.2) is 0 Å². The summed E-state index contributed by atoms with van der Waals surface area (Å²) in [5.74, 6) is 0. The zero-order chi connectivity index (χ0) is 9.40. The van der Waals surface area contributed by atoms with Gasteiger partial charge in [0.1, 0.15) is 0 Å². The highest BCUT2D eigenvalue weighted by molar-refractivity contribution is 4.57. The smallest absolute Gasteiger partial charge is 0.0549 e. The summed E-state index contributed by atoms with van der Waals surface area (Å²) in [4.78, 5) is 0. The fraction of sp³-hybridized carbons (Fsp3) is 1.00. The van der Waals surface area contributed by atoms with E-state index in [1.807, 2.05) is 6.92 Å². The van der Waals surface area contributed by atoms with Gasteiger partial charge >= 0.3 is 0 Å². The number of aliphatic hydroxyl groups is 2. The molecule has 0 aromatic carbocycles. The van der Waals surface area contributed by atoms with Crippen LogP contribution in [0.4, 0.5) is 0 Å². The van der Waals surface area contributed by atoms with Crippen LogP contribution in [0, 0.1) is 0 Å². The van der Waals surface area contributed by atoms with Gasteiger partial charge in [0.05, 0.1) is 12.2 Å². The maximum absolute atomic E-state index is 9.18. The number of hydrogen-bond donors (Lipinski definition) is 3. The molecule has 0 bridgehead atoms. The van der Waals surface area contributed by atoms with Crippen molar-refractivity contribution < 1.29 is 10.2 Å². The van der Waals surface area contributed by atoms with Crippen LogP contribution in [0.15, 0.2) is 0 Å². The van der Waals surface area contributed by atoms with Crippen molar-refractivity contribution in [1.29, 1.82) is 0 Å². The lowest BCUT2D eigenvalue weighted by Crippen LogP contribution is -2.23. The molecule has 0 radical (unpaired) electrons. The van der Waals surface area contributed by atoms with Crippen LogP contribution in [-0.4, -0.2) is 35.5 Å². The molecule has 2 atom stereocenters. The Labute approximate surface area is 74.8 Å². The van der Waals surface area contributed by atoms with Crippen molar-refractivity contribution in [2.75, 3.05) is 13.1 Å². The van der Waals surface area contributed by atoms with E-state index in [4.69, 9.17) is 5.11 Å². The van der Waals surface area contributed by atoms with Crippen molar-refractivity contribution in [3.63, 3.8) is 0 Å². The first-order chi connectivity index (χ1) is 5.66. The second-order valence-electron chi connectivity index (χ2n) is 3.24. The van der Waals surface area contributed by atoms with Gasteiger partial charge in [0.2, 0.25) is 0 Å². The molecule has 3 N–H and O–H groups in total. The molecule has 0 aliphatic heterocycles. The van der Waals surface area contributed by atoms with Gasteiger partial charge in [-0.05, 0) is 39.3 Å². The Morgan fingerprint density at radius 2 is 1.75 bits per heavy atom. The molecule has 2 unspecified atom stereocenters. The Bertz CT molecular complexity index is 96.5. The van der Waals surface area contributed by atoms with Crippen molar-refractivity contribution in [2.45, 2.75) is 45.3 Å². The molecule has 0 saturated heterocycles. The molecule has 0 aromatic heterocycles. The minimum Gasteiger partial charge on any atom is -0.393 e. The summed E-state index contributed by atoms with van der Waals surface area (Å²) in [7, 11) is 0. The number of nitrogens with one attached hydrogen (secondary N) is 1. The lowest BCUT2D eigenvalue weighted by molar-refractivity contribution is 0.157. The molecule has 0 amide bonds. The van der Waals surface area contributed by atoms with Gasteiger partial charge in [-0.2, -0.15) is 0 Å². The normalized spacial score (nSPS) is 16.0. The first-order valence-electron chi connectivity index (χ1n) is 4.73. The Morgan fingerprint density at radius 1 is 1.17 bits per heavy atom. The average molecular weight is 175 g/mol. The summed E-state index contributed by atoms with van der Waals surface area (Å²) in [5, 5.41) is 21.3. The van der Waals surface area contributed by atoms with Crippen LogP contribution in [0.25, 0.3) is 0 Å². The predicted octanol–water partition coefficient (Wildman–Crippen LogP) is 0.508. The quantitative estimate of drug-likeness (QED) is 0.494. The van der Waals surface area contributed by atoms with Crippen molar-refractivity contribution >= 4 is 0 Å². The molecule has 3 nitrogen and oxygen atoms in total. The first-order valence-corrected chi connectivity index (χ1v) is 4.73. The van der Waals surface area contributed by atoms with E-state index < -0.39 is 0 Å². The molecular weight excluding hydrogens is 154 g/mol. The second-order valence-corrected chi connectivity index (χ2v) is 3.24. The SMILES string of the molecule is CCC(O)CCNCCC(C)O. The van der Waals surface area contributed by atoms with Crippen LogP contribution < -0.4 is 5.32 Å². The zero-order valence-electron chi connectivity index (χ0n) is 8.08. The van der Waals surface area contributed by atoms with Crippen LogP contribution in [0.3, 0.4) is 0 Å². The summed E-state index contributed by atoms with van der Waals surface area (Å²) in [6, 6.07) is 0. The molecule has 0 spiro atoms. The molecule has 0 saturated carbocycles. The predicted molar refractivity (Wildman–Crippen MR) is 50.1 cm³/mol. The maximum Gasteiger partial charge on any atom is 0.0549 e. The van der Waals surface area contributed by atoms with Gasteiger partial charge in [-0.15, -0.1) is 0 Å². The van der Waals surface area contributed by atoms with E-state index in [9.17, 15) is 5.11 Å². The lowest BCUT2D eigenvalue weighted by Gasteiger charge is -2.09. The Balaban J connectivity index is 3.00. The van der Waals surface area contributed by atoms with Gasteiger partial charge in [-0.3, -0.25) is 0 Å². The van der Waals surface area contributed by atoms with Crippen LogP contribution >= 0.6 is 0 Å². The van der Waals surface area contributed by atoms with Gasteiger partial charge in [0.25, 0.3) is 0 Å². The molecule has 0 fully saturated rings. The van der Waals surface area contributed by atoms with E-state index in [0.29, 0.717) is 0 Å². The molecule has 0 aliphatic carbocycles. The summed E-state index contributed by atoms with van der Waals surface area (Å²) in [5.41, 5.74) is 0. The molecule has 0 rings (SSSR count). The topological polar surface area (TPSA) is 52.5 Å². The van der Waals surface area contributed by atoms with Crippen LogP contribution in [0.2, 0.25) is 0 Å². The molecule has 12 heavy (non-hydrogen) atoms. The summed E-state index contributed by atoms with van der Waals surface area (Å²) < 4.78 is 0. The van der Waals surface area contributed by atoms with Crippen molar-refractivity contribution in [2.24, 2.45) is 0 Å². The van der Waals surface area contributed by atoms with Gasteiger partial charge in [-0.1, -0.05) is 6.92 Å². The standard InChI is InChI=1S/C9H21NO2/c1-3-9(12)5-7-10-6-4-8(2)11/h8-12H,3-7H2,1-2H3. The van der Waals surface area contributed by atoms with Crippen LogP contribution in [0.1, 0.15) is 33.1 Å². The van der Waals surface area contributed by atoms with Gasteiger partial charge < -0.3 is 15.5 Å². The van der Waals surface area contributed by atoms with Crippen LogP contribution in [-0.2, 0) is 0 Å². The van der Waals surface area contributed by atoms with Crippen molar-refractivity contribution in [1.82, 2.24) is 5.32 Å². The van der Waals surface area contributed by atoms with E-state index >= 15 is 0 Å². The third-order valence-electron chi connectivity index (χ3n) is 1.86. The summed E-state index contributed by atoms with van der Waals surface area (Å²) in [6.45, 7) is 5.42. The van der Waals surface area contributed by atoms with E-state index in [1.54, 1.807) is 6.92 Å². The molecule has 3 heteroatoms. The fourth-order valence-corrected chi connectivity index (χ4v) is 0.909. The molecule has 0 heterocycles. The zero-order valence-corrected chi connectivity index (χ0v) is 8.08. The van der Waals surface area contributed by atoms with Gasteiger partial charge in [0.15, 0.2) is 0 Å². The number of aliphatic hydroxyl groups excluding tert-OH is 2. The molecule has 74 valence electrons. The van der Waals surface area contributed by atoms with Crippen molar-refractivity contribution in [3.05, 3.63) is 0 Å². The Kier molecular flexibility index (Phi) is 7.45. The van der Waals surface area contributed by atoms with E-state index in [1.165, 1.54) is 0 Å². The lowest BCUT2D eigenvalue weighted by atomic mass is 10.2. The molecule has 0 aliphatic rings. The number of hydrogen-bond acceptors (Lipinski definition) is 3. The van der Waals surface area contributed by atoms with E-state index in [-0.39, 0.29) is 12.2 Å². The minimum atomic E-state index is -0.228. The number of rotatable bonds is 7. The van der Waals surface area contributed by atoms with E-state index in [0.717, 1.165) is 32.4 Å². The third-order valence-corrected chi connectivity index (χ3v) is 1.86. The fourth-order valence-electron chi connectivity index (χ4n) is 0.909. The highest BCUT2D eigenvalue weighted by Gasteiger charge is 1.99. The van der Waals surface area contributed by atoms with Crippen molar-refractivity contribution in [3.8, 4) is 0 Å². The highest BCUT2D eigenvalue weighted by Crippen LogP contribution is 1.94. The molecular formula is C9H21NO2. The Hall–Kier alpha value is -0.120. The maximum atomic E-state index is 9.18. The van der Waals surface area contributed by atoms with Crippen LogP contribution in [0.5, 0.6) is 0 Å². The first kappa shape index (κ1) is 11.9. The highest BCUT2D eigenvalue weighted by atomic mass is 16.3. The minimum absolute atomic E-state index is 0.177. The monoisotopic (exact) mass is 175 g/mol.